The standard InChI is InChI=1S/C15H21NO5/c1-15(2)20-9-11(21-15)8-16-14(17)12-7-10(18-3)5-6-13(12)19-4/h5-7,11H,8-9H2,1-4H3,(H,16,17). The molecule has 0 bridgehead atoms. The van der Waals surface area contributed by atoms with E-state index in [1.165, 1.54) is 7.11 Å². The zero-order valence-electron chi connectivity index (χ0n) is 12.8. The molecule has 0 radical (unpaired) electrons. The van der Waals surface area contributed by atoms with Gasteiger partial charge in [0.2, 0.25) is 0 Å². The van der Waals surface area contributed by atoms with E-state index in [1.54, 1.807) is 25.3 Å². The number of ether oxygens (including phenoxy) is 4. The van der Waals surface area contributed by atoms with Gasteiger partial charge in [-0.05, 0) is 32.0 Å². The second kappa shape index (κ2) is 6.32. The van der Waals surface area contributed by atoms with Crippen LogP contribution in [0.4, 0.5) is 0 Å². The number of amides is 1. The second-order valence-corrected chi connectivity index (χ2v) is 5.23. The first-order valence-corrected chi connectivity index (χ1v) is 6.77. The first kappa shape index (κ1) is 15.6. The highest BCUT2D eigenvalue weighted by Gasteiger charge is 2.32. The average Bonchev–Trinajstić information content (AvgIpc) is 2.83. The summed E-state index contributed by atoms with van der Waals surface area (Å²) in [4.78, 5) is 12.3. The molecule has 0 aromatic heterocycles. The lowest BCUT2D eigenvalue weighted by molar-refractivity contribution is -0.137. The van der Waals surface area contributed by atoms with Gasteiger partial charge in [-0.2, -0.15) is 0 Å². The molecule has 1 N–H and O–H groups in total. The van der Waals surface area contributed by atoms with Crippen molar-refractivity contribution < 1.29 is 23.7 Å². The topological polar surface area (TPSA) is 66.0 Å². The Kier molecular flexibility index (Phi) is 4.69. The van der Waals surface area contributed by atoms with Crippen molar-refractivity contribution in [1.29, 1.82) is 0 Å². The van der Waals surface area contributed by atoms with Crippen LogP contribution in [0.2, 0.25) is 0 Å². The van der Waals surface area contributed by atoms with Gasteiger partial charge in [-0.25, -0.2) is 0 Å². The van der Waals surface area contributed by atoms with E-state index >= 15 is 0 Å². The van der Waals surface area contributed by atoms with Gasteiger partial charge in [-0.3, -0.25) is 4.79 Å². The summed E-state index contributed by atoms with van der Waals surface area (Å²) in [6, 6.07) is 5.09. The van der Waals surface area contributed by atoms with Crippen LogP contribution < -0.4 is 14.8 Å². The molecule has 1 aromatic rings. The maximum atomic E-state index is 12.3. The zero-order chi connectivity index (χ0) is 15.5. The van der Waals surface area contributed by atoms with E-state index in [0.717, 1.165) is 0 Å². The molecule has 21 heavy (non-hydrogen) atoms. The molecular weight excluding hydrogens is 274 g/mol. The average molecular weight is 295 g/mol. The minimum Gasteiger partial charge on any atom is -0.497 e. The van der Waals surface area contributed by atoms with Crippen molar-refractivity contribution in [2.24, 2.45) is 0 Å². The molecule has 0 spiro atoms. The Hall–Kier alpha value is -1.79. The summed E-state index contributed by atoms with van der Waals surface area (Å²) in [5, 5.41) is 2.83. The SMILES string of the molecule is COc1ccc(OC)c(C(=O)NCC2COC(C)(C)O2)c1. The van der Waals surface area contributed by atoms with Crippen LogP contribution in [0.1, 0.15) is 24.2 Å². The van der Waals surface area contributed by atoms with Gasteiger partial charge < -0.3 is 24.3 Å². The van der Waals surface area contributed by atoms with Crippen LogP contribution in [0.25, 0.3) is 0 Å². The molecule has 6 heteroatoms. The van der Waals surface area contributed by atoms with Crippen LogP contribution >= 0.6 is 0 Å². The molecule has 6 nitrogen and oxygen atoms in total. The fourth-order valence-electron chi connectivity index (χ4n) is 2.16. The molecular formula is C15H21NO5. The predicted molar refractivity (Wildman–Crippen MR) is 76.8 cm³/mol. The van der Waals surface area contributed by atoms with E-state index in [2.05, 4.69) is 5.32 Å². The molecule has 1 unspecified atom stereocenters. The third-order valence-electron chi connectivity index (χ3n) is 3.21. The van der Waals surface area contributed by atoms with E-state index in [1.807, 2.05) is 13.8 Å². The maximum Gasteiger partial charge on any atom is 0.255 e. The fraction of sp³-hybridized carbons (Fsp3) is 0.533. The first-order chi connectivity index (χ1) is 9.95. The lowest BCUT2D eigenvalue weighted by atomic mass is 10.1. The Morgan fingerprint density at radius 3 is 2.71 bits per heavy atom. The van der Waals surface area contributed by atoms with Gasteiger partial charge in [0, 0.05) is 6.54 Å². The highest BCUT2D eigenvalue weighted by molar-refractivity contribution is 5.97. The molecule has 2 rings (SSSR count). The van der Waals surface area contributed by atoms with E-state index < -0.39 is 5.79 Å². The Balaban J connectivity index is 2.00. The number of hydrogen-bond donors (Lipinski definition) is 1. The van der Waals surface area contributed by atoms with Gasteiger partial charge in [0.1, 0.15) is 17.6 Å². The number of methoxy groups -OCH3 is 2. The van der Waals surface area contributed by atoms with E-state index in [4.69, 9.17) is 18.9 Å². The van der Waals surface area contributed by atoms with Gasteiger partial charge in [-0.1, -0.05) is 0 Å². The summed E-state index contributed by atoms with van der Waals surface area (Å²) in [6.45, 7) is 4.53. The molecule has 1 aromatic carbocycles. The minimum atomic E-state index is -0.594. The van der Waals surface area contributed by atoms with E-state index in [9.17, 15) is 4.79 Å². The molecule has 1 heterocycles. The largest absolute Gasteiger partial charge is 0.497 e. The Morgan fingerprint density at radius 2 is 2.14 bits per heavy atom. The van der Waals surface area contributed by atoms with Crippen molar-refractivity contribution >= 4 is 5.91 Å². The third kappa shape index (κ3) is 3.86. The molecule has 1 aliphatic heterocycles. The van der Waals surface area contributed by atoms with Crippen molar-refractivity contribution in [2.45, 2.75) is 25.7 Å². The van der Waals surface area contributed by atoms with Gasteiger partial charge in [-0.15, -0.1) is 0 Å². The van der Waals surface area contributed by atoms with Gasteiger partial charge in [0.15, 0.2) is 5.79 Å². The highest BCUT2D eigenvalue weighted by atomic mass is 16.7. The number of benzene rings is 1. The van der Waals surface area contributed by atoms with Crippen LogP contribution in [0, 0.1) is 0 Å². The van der Waals surface area contributed by atoms with Crippen molar-refractivity contribution in [3.8, 4) is 11.5 Å². The normalized spacial score (nSPS) is 20.1. The number of rotatable bonds is 5. The van der Waals surface area contributed by atoms with E-state index in [-0.39, 0.29) is 12.0 Å². The Labute approximate surface area is 124 Å². The van der Waals surface area contributed by atoms with E-state index in [0.29, 0.717) is 30.2 Å². The van der Waals surface area contributed by atoms with Gasteiger partial charge in [0.05, 0.1) is 26.4 Å². The smallest absolute Gasteiger partial charge is 0.255 e. The van der Waals surface area contributed by atoms with Crippen molar-refractivity contribution in [3.05, 3.63) is 23.8 Å². The zero-order valence-corrected chi connectivity index (χ0v) is 12.8. The quantitative estimate of drug-likeness (QED) is 0.893. The monoisotopic (exact) mass is 295 g/mol. The maximum absolute atomic E-state index is 12.3. The third-order valence-corrected chi connectivity index (χ3v) is 3.21. The number of carbonyl (C=O) groups is 1. The summed E-state index contributed by atoms with van der Waals surface area (Å²) < 4.78 is 21.4. The lowest BCUT2D eigenvalue weighted by Gasteiger charge is -2.17. The molecule has 1 aliphatic rings. The van der Waals surface area contributed by atoms with Crippen molar-refractivity contribution in [3.63, 3.8) is 0 Å². The molecule has 1 fully saturated rings. The summed E-state index contributed by atoms with van der Waals surface area (Å²) in [6.07, 6.45) is -0.152. The molecule has 0 aliphatic carbocycles. The minimum absolute atomic E-state index is 0.152. The summed E-state index contributed by atoms with van der Waals surface area (Å²) >= 11 is 0. The van der Waals surface area contributed by atoms with Gasteiger partial charge in [0.25, 0.3) is 5.91 Å². The number of carbonyl (C=O) groups excluding carboxylic acids is 1. The second-order valence-electron chi connectivity index (χ2n) is 5.23. The predicted octanol–water partition coefficient (Wildman–Crippen LogP) is 1.59. The van der Waals surface area contributed by atoms with Crippen LogP contribution in [0.3, 0.4) is 0 Å². The Bertz CT molecular complexity index is 515. The van der Waals surface area contributed by atoms with Crippen LogP contribution in [-0.4, -0.2) is 45.2 Å². The van der Waals surface area contributed by atoms with Crippen molar-refractivity contribution in [1.82, 2.24) is 5.32 Å². The molecule has 0 saturated carbocycles. The molecule has 1 atom stereocenters. The fourth-order valence-corrected chi connectivity index (χ4v) is 2.16. The van der Waals surface area contributed by atoms with Crippen LogP contribution in [0.15, 0.2) is 18.2 Å². The Morgan fingerprint density at radius 1 is 1.38 bits per heavy atom. The molecule has 1 amide bonds. The highest BCUT2D eigenvalue weighted by Crippen LogP contribution is 2.24. The summed E-state index contributed by atoms with van der Waals surface area (Å²) in [5.74, 6) is 0.266. The first-order valence-electron chi connectivity index (χ1n) is 6.77. The number of nitrogens with one attached hydrogen (secondary N) is 1. The summed E-state index contributed by atoms with van der Waals surface area (Å²) in [7, 11) is 3.07. The molecule has 116 valence electrons. The van der Waals surface area contributed by atoms with Crippen LogP contribution in [-0.2, 0) is 9.47 Å². The van der Waals surface area contributed by atoms with Crippen molar-refractivity contribution in [2.75, 3.05) is 27.4 Å². The van der Waals surface area contributed by atoms with Gasteiger partial charge >= 0.3 is 0 Å². The van der Waals surface area contributed by atoms with Crippen LogP contribution in [0.5, 0.6) is 11.5 Å². The summed E-state index contributed by atoms with van der Waals surface area (Å²) in [5.41, 5.74) is 0.426. The lowest BCUT2D eigenvalue weighted by Crippen LogP contribution is -2.34. The number of hydrogen-bond acceptors (Lipinski definition) is 5. The molecule has 1 saturated heterocycles.